The molecule has 0 heterocycles. The Morgan fingerprint density at radius 3 is 2.76 bits per heavy atom. The van der Waals surface area contributed by atoms with Gasteiger partial charge in [0.1, 0.15) is 0 Å². The molecule has 2 aromatic carbocycles. The molecule has 1 aliphatic rings. The van der Waals surface area contributed by atoms with Crippen LogP contribution in [0.1, 0.15) is 30.0 Å². The highest BCUT2D eigenvalue weighted by molar-refractivity contribution is 6.02. The predicted octanol–water partition coefficient (Wildman–Crippen LogP) is 4.23. The van der Waals surface area contributed by atoms with Crippen LogP contribution in [0.2, 0.25) is 0 Å². The average Bonchev–Trinajstić information content (AvgIpc) is 3.08. The van der Waals surface area contributed by atoms with Crippen molar-refractivity contribution in [3.05, 3.63) is 59.2 Å². The number of ether oxygens (including phenoxy) is 2. The Labute approximate surface area is 148 Å². The first-order valence-electron chi connectivity index (χ1n) is 8.61. The van der Waals surface area contributed by atoms with Crippen LogP contribution in [-0.2, 0) is 17.6 Å². The maximum absolute atomic E-state index is 12.2. The molecule has 2 aromatic rings. The number of rotatable bonds is 6. The normalized spacial score (nSPS) is 12.9. The van der Waals surface area contributed by atoms with Crippen molar-refractivity contribution in [2.45, 2.75) is 26.2 Å². The zero-order chi connectivity index (χ0) is 17.6. The molecule has 3 rings (SSSR count). The minimum atomic E-state index is -0.147. The number of methoxy groups -OCH3 is 1. The van der Waals surface area contributed by atoms with E-state index in [1.807, 2.05) is 31.2 Å². The molecule has 0 bridgehead atoms. The molecule has 1 aliphatic carbocycles. The second kappa shape index (κ2) is 7.88. The van der Waals surface area contributed by atoms with Gasteiger partial charge >= 0.3 is 0 Å². The van der Waals surface area contributed by atoms with Gasteiger partial charge < -0.3 is 14.8 Å². The first kappa shape index (κ1) is 17.1. The van der Waals surface area contributed by atoms with Crippen LogP contribution in [0.3, 0.4) is 0 Å². The maximum atomic E-state index is 12.2. The third-order valence-corrected chi connectivity index (χ3v) is 4.28. The predicted molar refractivity (Wildman–Crippen MR) is 100 cm³/mol. The highest BCUT2D eigenvalue weighted by atomic mass is 16.5. The fourth-order valence-corrected chi connectivity index (χ4v) is 3.07. The number of carbonyl (C=O) groups is 1. The van der Waals surface area contributed by atoms with Gasteiger partial charge in [0, 0.05) is 11.8 Å². The SMILES string of the molecule is CCOc1cc(/C=C/C(=O)Nc2ccc3c(c2)CCC3)ccc1OC. The van der Waals surface area contributed by atoms with E-state index in [4.69, 9.17) is 9.47 Å². The Bertz CT molecular complexity index is 796. The molecule has 0 saturated heterocycles. The van der Waals surface area contributed by atoms with Crippen molar-refractivity contribution in [1.82, 2.24) is 0 Å². The molecule has 130 valence electrons. The van der Waals surface area contributed by atoms with Crippen molar-refractivity contribution in [2.75, 3.05) is 19.0 Å². The summed E-state index contributed by atoms with van der Waals surface area (Å²) in [6.45, 7) is 2.48. The summed E-state index contributed by atoms with van der Waals surface area (Å²) in [5.74, 6) is 1.21. The standard InChI is InChI=1S/C21H23NO3/c1-3-25-20-13-15(7-11-19(20)24-2)8-12-21(23)22-18-10-9-16-5-4-6-17(16)14-18/h7-14H,3-6H2,1-2H3,(H,22,23)/b12-8+. The van der Waals surface area contributed by atoms with Crippen LogP contribution in [0, 0.1) is 0 Å². The number of fused-ring (bicyclic) bond motifs is 1. The summed E-state index contributed by atoms with van der Waals surface area (Å²) in [6, 6.07) is 11.7. The summed E-state index contributed by atoms with van der Waals surface area (Å²) in [5.41, 5.74) is 4.47. The smallest absolute Gasteiger partial charge is 0.248 e. The Morgan fingerprint density at radius 2 is 1.96 bits per heavy atom. The molecule has 1 N–H and O–H groups in total. The number of benzene rings is 2. The largest absolute Gasteiger partial charge is 0.493 e. The minimum absolute atomic E-state index is 0.147. The van der Waals surface area contributed by atoms with Crippen LogP contribution in [0.15, 0.2) is 42.5 Å². The summed E-state index contributed by atoms with van der Waals surface area (Å²) in [5, 5.41) is 2.92. The molecule has 0 saturated carbocycles. The van der Waals surface area contributed by atoms with Gasteiger partial charge in [0.2, 0.25) is 5.91 Å². The third kappa shape index (κ3) is 4.21. The molecule has 25 heavy (non-hydrogen) atoms. The quantitative estimate of drug-likeness (QED) is 0.802. The summed E-state index contributed by atoms with van der Waals surface area (Å²) in [7, 11) is 1.61. The second-order valence-corrected chi connectivity index (χ2v) is 6.00. The van der Waals surface area contributed by atoms with Crippen molar-refractivity contribution < 1.29 is 14.3 Å². The lowest BCUT2D eigenvalue weighted by Crippen LogP contribution is -2.08. The van der Waals surface area contributed by atoms with E-state index >= 15 is 0 Å². The lowest BCUT2D eigenvalue weighted by Gasteiger charge is -2.09. The minimum Gasteiger partial charge on any atom is -0.493 e. The van der Waals surface area contributed by atoms with E-state index in [2.05, 4.69) is 17.4 Å². The molecule has 0 fully saturated rings. The molecular weight excluding hydrogens is 314 g/mol. The van der Waals surface area contributed by atoms with Crippen LogP contribution >= 0.6 is 0 Å². The molecule has 0 unspecified atom stereocenters. The van der Waals surface area contributed by atoms with E-state index in [1.165, 1.54) is 23.6 Å². The monoisotopic (exact) mass is 337 g/mol. The van der Waals surface area contributed by atoms with E-state index < -0.39 is 0 Å². The third-order valence-electron chi connectivity index (χ3n) is 4.28. The second-order valence-electron chi connectivity index (χ2n) is 6.00. The maximum Gasteiger partial charge on any atom is 0.248 e. The summed E-state index contributed by atoms with van der Waals surface area (Å²) < 4.78 is 10.8. The number of anilines is 1. The lowest BCUT2D eigenvalue weighted by molar-refractivity contribution is -0.111. The average molecular weight is 337 g/mol. The van der Waals surface area contributed by atoms with Crippen LogP contribution in [-0.4, -0.2) is 19.6 Å². The fourth-order valence-electron chi connectivity index (χ4n) is 3.07. The number of amides is 1. The van der Waals surface area contributed by atoms with Crippen LogP contribution in [0.5, 0.6) is 11.5 Å². The Hall–Kier alpha value is -2.75. The van der Waals surface area contributed by atoms with Gasteiger partial charge in [-0.25, -0.2) is 0 Å². The van der Waals surface area contributed by atoms with E-state index in [0.29, 0.717) is 18.1 Å². The van der Waals surface area contributed by atoms with Gasteiger partial charge in [0.25, 0.3) is 0 Å². The van der Waals surface area contributed by atoms with E-state index in [-0.39, 0.29) is 5.91 Å². The number of aryl methyl sites for hydroxylation is 2. The Kier molecular flexibility index (Phi) is 5.39. The number of carbonyl (C=O) groups excluding carboxylic acids is 1. The molecule has 4 heteroatoms. The van der Waals surface area contributed by atoms with Gasteiger partial charge in [-0.2, -0.15) is 0 Å². The summed E-state index contributed by atoms with van der Waals surface area (Å²) in [4.78, 5) is 12.2. The van der Waals surface area contributed by atoms with Crippen LogP contribution in [0.4, 0.5) is 5.69 Å². The van der Waals surface area contributed by atoms with Crippen molar-refractivity contribution >= 4 is 17.7 Å². The van der Waals surface area contributed by atoms with Gasteiger partial charge in [-0.3, -0.25) is 4.79 Å². The fraction of sp³-hybridized carbons (Fsp3) is 0.286. The molecule has 0 radical (unpaired) electrons. The molecule has 0 spiro atoms. The van der Waals surface area contributed by atoms with Crippen molar-refractivity contribution in [1.29, 1.82) is 0 Å². The summed E-state index contributed by atoms with van der Waals surface area (Å²) in [6.07, 6.45) is 6.74. The Balaban J connectivity index is 1.67. The highest BCUT2D eigenvalue weighted by Gasteiger charge is 2.11. The zero-order valence-corrected chi connectivity index (χ0v) is 14.7. The van der Waals surface area contributed by atoms with Crippen LogP contribution < -0.4 is 14.8 Å². The first-order valence-corrected chi connectivity index (χ1v) is 8.61. The summed E-state index contributed by atoms with van der Waals surface area (Å²) >= 11 is 0. The molecule has 0 aromatic heterocycles. The zero-order valence-electron chi connectivity index (χ0n) is 14.7. The molecule has 0 aliphatic heterocycles. The van der Waals surface area contributed by atoms with E-state index in [0.717, 1.165) is 24.1 Å². The van der Waals surface area contributed by atoms with Gasteiger partial charge in [0.15, 0.2) is 11.5 Å². The van der Waals surface area contributed by atoms with Gasteiger partial charge in [-0.1, -0.05) is 12.1 Å². The topological polar surface area (TPSA) is 47.6 Å². The van der Waals surface area contributed by atoms with Crippen molar-refractivity contribution in [3.63, 3.8) is 0 Å². The molecule has 0 atom stereocenters. The lowest BCUT2D eigenvalue weighted by atomic mass is 10.1. The van der Waals surface area contributed by atoms with E-state index in [9.17, 15) is 4.79 Å². The molecule has 1 amide bonds. The van der Waals surface area contributed by atoms with Gasteiger partial charge in [-0.15, -0.1) is 0 Å². The van der Waals surface area contributed by atoms with Crippen LogP contribution in [0.25, 0.3) is 6.08 Å². The first-order chi connectivity index (χ1) is 12.2. The van der Waals surface area contributed by atoms with Gasteiger partial charge in [0.05, 0.1) is 13.7 Å². The number of hydrogen-bond donors (Lipinski definition) is 1. The molecular formula is C21H23NO3. The highest BCUT2D eigenvalue weighted by Crippen LogP contribution is 2.28. The Morgan fingerprint density at radius 1 is 1.12 bits per heavy atom. The van der Waals surface area contributed by atoms with Crippen molar-refractivity contribution in [2.24, 2.45) is 0 Å². The van der Waals surface area contributed by atoms with E-state index in [1.54, 1.807) is 13.2 Å². The van der Waals surface area contributed by atoms with Gasteiger partial charge in [-0.05, 0) is 73.2 Å². The molecule has 4 nitrogen and oxygen atoms in total. The number of hydrogen-bond acceptors (Lipinski definition) is 3. The number of nitrogens with one attached hydrogen (secondary N) is 1. The van der Waals surface area contributed by atoms with Crippen molar-refractivity contribution in [3.8, 4) is 11.5 Å².